The maximum Gasteiger partial charge on any atom is 0.148 e. The fourth-order valence-electron chi connectivity index (χ4n) is 2.95. The third kappa shape index (κ3) is 2.22. The van der Waals surface area contributed by atoms with Crippen LogP contribution in [-0.2, 0) is 0 Å². The van der Waals surface area contributed by atoms with E-state index in [1.807, 2.05) is 78.2 Å². The van der Waals surface area contributed by atoms with Crippen molar-refractivity contribution in [3.05, 3.63) is 71.6 Å². The number of nitrogens with zero attached hydrogens (tertiary/aromatic N) is 4. The summed E-state index contributed by atoms with van der Waals surface area (Å²) in [6.07, 6.45) is 1.91. The number of aryl methyl sites for hydroxylation is 1. The van der Waals surface area contributed by atoms with Gasteiger partial charge in [0.2, 0.25) is 0 Å². The molecule has 0 fully saturated rings. The first kappa shape index (κ1) is 15.1. The number of benzene rings is 1. The molecular weight excluding hydrogens is 296 g/mol. The fourth-order valence-corrected chi connectivity index (χ4v) is 2.95. The lowest BCUT2D eigenvalue weighted by Crippen LogP contribution is -1.90. The molecule has 2 aromatic heterocycles. The van der Waals surface area contributed by atoms with Crippen LogP contribution in [0.2, 0.25) is 0 Å². The van der Waals surface area contributed by atoms with E-state index in [2.05, 4.69) is 6.07 Å². The van der Waals surface area contributed by atoms with E-state index >= 15 is 0 Å². The van der Waals surface area contributed by atoms with Gasteiger partial charge in [-0.25, -0.2) is 0 Å². The number of allylic oxidation sites excluding steroid dienone is 2. The van der Waals surface area contributed by atoms with Crippen molar-refractivity contribution in [1.29, 1.82) is 15.8 Å². The van der Waals surface area contributed by atoms with Crippen LogP contribution >= 0.6 is 0 Å². The molecule has 0 bridgehead atoms. The first-order valence-electron chi connectivity index (χ1n) is 7.33. The average Bonchev–Trinajstić information content (AvgIpc) is 2.93. The van der Waals surface area contributed by atoms with Crippen LogP contribution < -0.4 is 0 Å². The molecule has 0 saturated heterocycles. The second-order valence-corrected chi connectivity index (χ2v) is 5.24. The van der Waals surface area contributed by atoms with E-state index in [4.69, 9.17) is 0 Å². The van der Waals surface area contributed by atoms with Gasteiger partial charge in [-0.2, -0.15) is 15.8 Å². The van der Waals surface area contributed by atoms with Crippen molar-refractivity contribution < 1.29 is 0 Å². The second-order valence-electron chi connectivity index (χ2n) is 5.24. The summed E-state index contributed by atoms with van der Waals surface area (Å²) >= 11 is 0. The number of pyridine rings is 1. The third-order valence-electron chi connectivity index (χ3n) is 3.99. The van der Waals surface area contributed by atoms with Crippen LogP contribution in [0.4, 0.5) is 0 Å². The Labute approximate surface area is 139 Å². The molecule has 3 aromatic rings. The summed E-state index contributed by atoms with van der Waals surface area (Å²) in [6.45, 7) is 1.96. The number of rotatable bonds is 2. The summed E-state index contributed by atoms with van der Waals surface area (Å²) in [5.74, 6) is 0. The normalized spacial score (nSPS) is 9.75. The van der Waals surface area contributed by atoms with Gasteiger partial charge in [0, 0.05) is 23.0 Å². The van der Waals surface area contributed by atoms with Gasteiger partial charge in [0.15, 0.2) is 0 Å². The minimum absolute atomic E-state index is 0.107. The van der Waals surface area contributed by atoms with Gasteiger partial charge in [-0.05, 0) is 24.6 Å². The van der Waals surface area contributed by atoms with Gasteiger partial charge in [0.25, 0.3) is 0 Å². The van der Waals surface area contributed by atoms with Crippen molar-refractivity contribution in [3.8, 4) is 29.3 Å². The van der Waals surface area contributed by atoms with Crippen LogP contribution in [0.5, 0.6) is 0 Å². The standard InChI is InChI=1S/C20H12N4/c1-14-19(15-7-3-2-4-8-15)20(17(13-23)16(11-21)12-22)18-9-5-6-10-24(14)18/h2-10H,1H3. The Balaban J connectivity index is 2.53. The van der Waals surface area contributed by atoms with Gasteiger partial charge in [-0.15, -0.1) is 0 Å². The Kier molecular flexibility index (Phi) is 3.86. The van der Waals surface area contributed by atoms with Crippen molar-refractivity contribution in [1.82, 2.24) is 4.40 Å². The molecule has 0 aliphatic rings. The molecule has 0 unspecified atom stereocenters. The van der Waals surface area contributed by atoms with E-state index in [1.54, 1.807) is 0 Å². The average molecular weight is 308 g/mol. The lowest BCUT2D eigenvalue weighted by Gasteiger charge is -2.05. The van der Waals surface area contributed by atoms with E-state index in [0.717, 1.165) is 22.3 Å². The predicted molar refractivity (Wildman–Crippen MR) is 91.3 cm³/mol. The highest BCUT2D eigenvalue weighted by atomic mass is 14.9. The van der Waals surface area contributed by atoms with Gasteiger partial charge in [0.05, 0.1) is 11.1 Å². The first-order valence-corrected chi connectivity index (χ1v) is 7.33. The molecule has 0 radical (unpaired) electrons. The topological polar surface area (TPSA) is 75.8 Å². The van der Waals surface area contributed by atoms with Crippen LogP contribution in [0, 0.1) is 40.9 Å². The molecular formula is C20H12N4. The van der Waals surface area contributed by atoms with Crippen LogP contribution in [-0.4, -0.2) is 4.40 Å². The van der Waals surface area contributed by atoms with Crippen molar-refractivity contribution in [3.63, 3.8) is 0 Å². The molecule has 112 valence electrons. The number of hydrogen-bond acceptors (Lipinski definition) is 3. The Morgan fingerprint density at radius 1 is 0.875 bits per heavy atom. The minimum Gasteiger partial charge on any atom is -0.320 e. The first-order chi connectivity index (χ1) is 11.7. The Morgan fingerprint density at radius 2 is 1.54 bits per heavy atom. The zero-order chi connectivity index (χ0) is 17.1. The Bertz CT molecular complexity index is 1060. The summed E-state index contributed by atoms with van der Waals surface area (Å²) in [5, 5.41) is 28.1. The highest BCUT2D eigenvalue weighted by molar-refractivity contribution is 5.99. The largest absolute Gasteiger partial charge is 0.320 e. The van der Waals surface area contributed by atoms with Crippen molar-refractivity contribution in [2.24, 2.45) is 0 Å². The molecule has 0 spiro atoms. The summed E-state index contributed by atoms with van der Waals surface area (Å²) in [5.41, 5.74) is 4.11. The maximum absolute atomic E-state index is 9.63. The van der Waals surface area contributed by atoms with Gasteiger partial charge in [-0.3, -0.25) is 0 Å². The van der Waals surface area contributed by atoms with E-state index in [9.17, 15) is 15.8 Å². The number of fused-ring (bicyclic) bond motifs is 1. The van der Waals surface area contributed by atoms with Crippen molar-refractivity contribution in [2.75, 3.05) is 0 Å². The molecule has 4 heteroatoms. The highest BCUT2D eigenvalue weighted by Gasteiger charge is 2.22. The quantitative estimate of drug-likeness (QED) is 0.664. The lowest BCUT2D eigenvalue weighted by atomic mass is 9.94. The zero-order valence-corrected chi connectivity index (χ0v) is 13.0. The van der Waals surface area contributed by atoms with Crippen LogP contribution in [0.25, 0.3) is 22.2 Å². The lowest BCUT2D eigenvalue weighted by molar-refractivity contribution is 1.11. The molecule has 4 nitrogen and oxygen atoms in total. The van der Waals surface area contributed by atoms with E-state index < -0.39 is 0 Å². The third-order valence-corrected chi connectivity index (χ3v) is 3.99. The van der Waals surface area contributed by atoms with Gasteiger partial charge in [-0.1, -0.05) is 36.4 Å². The van der Waals surface area contributed by atoms with E-state index in [1.165, 1.54) is 0 Å². The fraction of sp³-hybridized carbons (Fsp3) is 0.0500. The van der Waals surface area contributed by atoms with Gasteiger partial charge in [0.1, 0.15) is 23.8 Å². The molecule has 0 aliphatic carbocycles. The number of hydrogen-bond donors (Lipinski definition) is 0. The van der Waals surface area contributed by atoms with Crippen molar-refractivity contribution >= 4 is 11.1 Å². The molecule has 0 N–H and O–H groups in total. The van der Waals surface area contributed by atoms with E-state index in [0.29, 0.717) is 5.56 Å². The van der Waals surface area contributed by atoms with E-state index in [-0.39, 0.29) is 11.1 Å². The van der Waals surface area contributed by atoms with Crippen LogP contribution in [0.3, 0.4) is 0 Å². The summed E-state index contributed by atoms with van der Waals surface area (Å²) < 4.78 is 1.97. The molecule has 0 aliphatic heterocycles. The van der Waals surface area contributed by atoms with Crippen LogP contribution in [0.1, 0.15) is 11.3 Å². The highest BCUT2D eigenvalue weighted by Crippen LogP contribution is 2.38. The van der Waals surface area contributed by atoms with Gasteiger partial charge < -0.3 is 4.40 Å². The SMILES string of the molecule is Cc1c(-c2ccccc2)c(C(C#N)=C(C#N)C#N)c2ccccn12. The monoisotopic (exact) mass is 308 g/mol. The second kappa shape index (κ2) is 6.13. The molecule has 0 amide bonds. The van der Waals surface area contributed by atoms with Crippen LogP contribution in [0.15, 0.2) is 60.3 Å². The molecule has 1 aromatic carbocycles. The summed E-state index contributed by atoms with van der Waals surface area (Å²) in [4.78, 5) is 0. The molecule has 3 rings (SSSR count). The Morgan fingerprint density at radius 3 is 2.17 bits per heavy atom. The summed E-state index contributed by atoms with van der Waals surface area (Å²) in [6, 6.07) is 21.1. The smallest absolute Gasteiger partial charge is 0.148 e. The minimum atomic E-state index is -0.175. The summed E-state index contributed by atoms with van der Waals surface area (Å²) in [7, 11) is 0. The number of nitriles is 3. The molecule has 24 heavy (non-hydrogen) atoms. The molecule has 2 heterocycles. The molecule has 0 saturated carbocycles. The van der Waals surface area contributed by atoms with Crippen molar-refractivity contribution in [2.45, 2.75) is 6.92 Å². The zero-order valence-electron chi connectivity index (χ0n) is 13.0. The van der Waals surface area contributed by atoms with Gasteiger partial charge >= 0.3 is 0 Å². The maximum atomic E-state index is 9.63. The molecule has 0 atom stereocenters. The number of aromatic nitrogens is 1. The predicted octanol–water partition coefficient (Wildman–Crippen LogP) is 4.24. The Hall–Kier alpha value is -3.81.